The molecule has 1 aliphatic rings. The zero-order chi connectivity index (χ0) is 13.3. The molecule has 2 heterocycles. The van der Waals surface area contributed by atoms with Crippen LogP contribution in [0.15, 0.2) is 0 Å². The van der Waals surface area contributed by atoms with Crippen LogP contribution in [0.4, 0.5) is 5.13 Å². The molecule has 2 rings (SSSR count). The first kappa shape index (κ1) is 13.8. The summed E-state index contributed by atoms with van der Waals surface area (Å²) in [5.41, 5.74) is 7.27. The second kappa shape index (κ2) is 5.15. The number of hydrogen-bond donors (Lipinski definition) is 1. The number of nitrogens with two attached hydrogens (primary N) is 1. The highest BCUT2D eigenvalue weighted by Gasteiger charge is 2.27. The first-order valence-electron chi connectivity index (χ1n) is 6.49. The van der Waals surface area contributed by atoms with Crippen molar-refractivity contribution in [1.82, 2.24) is 4.98 Å². The van der Waals surface area contributed by atoms with Gasteiger partial charge in [-0.3, -0.25) is 0 Å². The largest absolute Gasteiger partial charge is 0.378 e. The van der Waals surface area contributed by atoms with Crippen molar-refractivity contribution in [2.24, 2.45) is 5.73 Å². The minimum Gasteiger partial charge on any atom is -0.378 e. The molecule has 102 valence electrons. The molecule has 0 saturated carbocycles. The van der Waals surface area contributed by atoms with Crippen LogP contribution in [-0.4, -0.2) is 31.3 Å². The summed E-state index contributed by atoms with van der Waals surface area (Å²) in [6.45, 7) is 12.0. The Morgan fingerprint density at radius 1 is 1.33 bits per heavy atom. The Morgan fingerprint density at radius 3 is 2.39 bits per heavy atom. The van der Waals surface area contributed by atoms with Gasteiger partial charge in [0.05, 0.1) is 18.9 Å². The molecule has 0 radical (unpaired) electrons. The van der Waals surface area contributed by atoms with Gasteiger partial charge in [0.1, 0.15) is 0 Å². The van der Waals surface area contributed by atoms with Gasteiger partial charge < -0.3 is 15.4 Å². The molecule has 1 aliphatic heterocycles. The van der Waals surface area contributed by atoms with Crippen molar-refractivity contribution in [2.45, 2.75) is 39.2 Å². The highest BCUT2D eigenvalue weighted by Crippen LogP contribution is 2.36. The number of hydrogen-bond acceptors (Lipinski definition) is 5. The van der Waals surface area contributed by atoms with Gasteiger partial charge in [-0.05, 0) is 6.92 Å². The maximum atomic E-state index is 6.08. The molecule has 18 heavy (non-hydrogen) atoms. The summed E-state index contributed by atoms with van der Waals surface area (Å²) in [4.78, 5) is 8.35. The minimum absolute atomic E-state index is 0.0456. The molecule has 1 atom stereocenters. The Morgan fingerprint density at radius 2 is 1.94 bits per heavy atom. The number of anilines is 1. The molecule has 0 aliphatic carbocycles. The third kappa shape index (κ3) is 2.84. The van der Waals surface area contributed by atoms with Crippen LogP contribution in [0.1, 0.15) is 44.3 Å². The van der Waals surface area contributed by atoms with E-state index in [9.17, 15) is 0 Å². The molecule has 1 saturated heterocycles. The summed E-state index contributed by atoms with van der Waals surface area (Å²) in [7, 11) is 0. The van der Waals surface area contributed by atoms with Crippen LogP contribution in [0.5, 0.6) is 0 Å². The predicted octanol–water partition coefficient (Wildman–Crippen LogP) is 2.30. The molecule has 2 N–H and O–H groups in total. The molecular weight excluding hydrogens is 246 g/mol. The van der Waals surface area contributed by atoms with Crippen LogP contribution in [0.25, 0.3) is 0 Å². The lowest BCUT2D eigenvalue weighted by Crippen LogP contribution is -2.36. The van der Waals surface area contributed by atoms with Gasteiger partial charge in [-0.1, -0.05) is 32.1 Å². The van der Waals surface area contributed by atoms with E-state index in [1.165, 1.54) is 4.88 Å². The van der Waals surface area contributed by atoms with E-state index < -0.39 is 0 Å². The highest BCUT2D eigenvalue weighted by molar-refractivity contribution is 7.15. The minimum atomic E-state index is 0.0456. The van der Waals surface area contributed by atoms with Crippen LogP contribution >= 0.6 is 11.3 Å². The molecule has 0 amide bonds. The first-order valence-corrected chi connectivity index (χ1v) is 7.30. The maximum absolute atomic E-state index is 6.08. The van der Waals surface area contributed by atoms with E-state index in [0.29, 0.717) is 0 Å². The molecule has 0 aromatic carbocycles. The standard InChI is InChI=1S/C13H23N3OS/c1-9(14)10-11(13(2,3)4)15-12(18-10)16-5-7-17-8-6-16/h9H,5-8,14H2,1-4H3. The van der Waals surface area contributed by atoms with Crippen molar-refractivity contribution in [3.8, 4) is 0 Å². The third-order valence-corrected chi connectivity index (χ3v) is 4.36. The summed E-state index contributed by atoms with van der Waals surface area (Å²) in [6, 6.07) is 0.0477. The summed E-state index contributed by atoms with van der Waals surface area (Å²) in [5, 5.41) is 1.09. The molecule has 1 aromatic rings. The molecular formula is C13H23N3OS. The highest BCUT2D eigenvalue weighted by atomic mass is 32.1. The van der Waals surface area contributed by atoms with Crippen molar-refractivity contribution < 1.29 is 4.74 Å². The number of thiazole rings is 1. The van der Waals surface area contributed by atoms with Crippen LogP contribution in [0.3, 0.4) is 0 Å². The lowest BCUT2D eigenvalue weighted by atomic mass is 9.90. The fraction of sp³-hybridized carbons (Fsp3) is 0.769. The van der Waals surface area contributed by atoms with Gasteiger partial charge in [0.2, 0.25) is 0 Å². The monoisotopic (exact) mass is 269 g/mol. The molecule has 5 heteroatoms. The van der Waals surface area contributed by atoms with Gasteiger partial charge in [0, 0.05) is 29.4 Å². The molecule has 4 nitrogen and oxygen atoms in total. The number of nitrogens with zero attached hydrogens (tertiary/aromatic N) is 2. The Balaban J connectivity index is 2.32. The average molecular weight is 269 g/mol. The predicted molar refractivity (Wildman–Crippen MR) is 76.4 cm³/mol. The summed E-state index contributed by atoms with van der Waals surface area (Å²) < 4.78 is 5.38. The van der Waals surface area contributed by atoms with Crippen LogP contribution in [0, 0.1) is 0 Å². The normalized spacial score (nSPS) is 19.1. The quantitative estimate of drug-likeness (QED) is 0.895. The van der Waals surface area contributed by atoms with Gasteiger partial charge >= 0.3 is 0 Å². The van der Waals surface area contributed by atoms with E-state index in [2.05, 4.69) is 25.7 Å². The van der Waals surface area contributed by atoms with Gasteiger partial charge in [0.15, 0.2) is 5.13 Å². The summed E-state index contributed by atoms with van der Waals surface area (Å²) >= 11 is 1.74. The van der Waals surface area contributed by atoms with Gasteiger partial charge in [-0.25, -0.2) is 4.98 Å². The first-order chi connectivity index (χ1) is 8.39. The number of ether oxygens (including phenoxy) is 1. The van der Waals surface area contributed by atoms with Crippen LogP contribution in [-0.2, 0) is 10.2 Å². The van der Waals surface area contributed by atoms with Crippen molar-refractivity contribution in [3.05, 3.63) is 10.6 Å². The molecule has 1 aromatic heterocycles. The lowest BCUT2D eigenvalue weighted by molar-refractivity contribution is 0.122. The third-order valence-electron chi connectivity index (χ3n) is 3.05. The van der Waals surface area contributed by atoms with Gasteiger partial charge in [0.25, 0.3) is 0 Å². The number of morpholine rings is 1. The Labute approximate surface area is 113 Å². The molecule has 1 fully saturated rings. The fourth-order valence-corrected chi connectivity index (χ4v) is 3.34. The van der Waals surface area contributed by atoms with Crippen LogP contribution in [0.2, 0.25) is 0 Å². The van der Waals surface area contributed by atoms with Gasteiger partial charge in [-0.15, -0.1) is 0 Å². The Hall–Kier alpha value is -0.650. The molecule has 0 spiro atoms. The van der Waals surface area contributed by atoms with Crippen molar-refractivity contribution >= 4 is 16.5 Å². The van der Waals surface area contributed by atoms with E-state index in [4.69, 9.17) is 15.5 Å². The van der Waals surface area contributed by atoms with E-state index >= 15 is 0 Å². The molecule has 1 unspecified atom stereocenters. The zero-order valence-electron chi connectivity index (χ0n) is 11.7. The van der Waals surface area contributed by atoms with E-state index in [-0.39, 0.29) is 11.5 Å². The second-order valence-electron chi connectivity index (χ2n) is 5.85. The summed E-state index contributed by atoms with van der Waals surface area (Å²) in [5.74, 6) is 0. The number of rotatable bonds is 2. The van der Waals surface area contributed by atoms with Crippen molar-refractivity contribution in [2.75, 3.05) is 31.2 Å². The average Bonchev–Trinajstić information content (AvgIpc) is 2.74. The van der Waals surface area contributed by atoms with E-state index in [0.717, 1.165) is 37.1 Å². The zero-order valence-corrected chi connectivity index (χ0v) is 12.5. The SMILES string of the molecule is CC(N)c1sc(N2CCOCC2)nc1C(C)(C)C. The smallest absolute Gasteiger partial charge is 0.186 e. The lowest BCUT2D eigenvalue weighted by Gasteiger charge is -2.26. The molecule has 0 bridgehead atoms. The van der Waals surface area contributed by atoms with Crippen molar-refractivity contribution in [1.29, 1.82) is 0 Å². The fourth-order valence-electron chi connectivity index (χ4n) is 2.06. The number of aromatic nitrogens is 1. The Bertz CT molecular complexity index is 403. The maximum Gasteiger partial charge on any atom is 0.186 e. The van der Waals surface area contributed by atoms with E-state index in [1.54, 1.807) is 11.3 Å². The topological polar surface area (TPSA) is 51.4 Å². The van der Waals surface area contributed by atoms with E-state index in [1.807, 2.05) is 6.92 Å². The van der Waals surface area contributed by atoms with Crippen LogP contribution < -0.4 is 10.6 Å². The van der Waals surface area contributed by atoms with Gasteiger partial charge in [-0.2, -0.15) is 0 Å². The van der Waals surface area contributed by atoms with Crippen molar-refractivity contribution in [3.63, 3.8) is 0 Å². The summed E-state index contributed by atoms with van der Waals surface area (Å²) in [6.07, 6.45) is 0. The second-order valence-corrected chi connectivity index (χ2v) is 6.86. The Kier molecular flexibility index (Phi) is 3.94.